The summed E-state index contributed by atoms with van der Waals surface area (Å²) in [6, 6.07) is 8.36. The van der Waals surface area contributed by atoms with E-state index < -0.39 is 6.09 Å². The number of hydrogen-bond donors (Lipinski definition) is 0. The van der Waals surface area contributed by atoms with Crippen LogP contribution in [0.1, 0.15) is 25.0 Å². The SMILES string of the molecule is CC(C)OC(=O)N=C=S.Cc1ccccc1C. The first kappa shape index (κ1) is 15.5. The zero-order chi connectivity index (χ0) is 13.3. The van der Waals surface area contributed by atoms with Crippen LogP contribution >= 0.6 is 12.2 Å². The van der Waals surface area contributed by atoms with Gasteiger partial charge in [-0.05, 0) is 51.0 Å². The van der Waals surface area contributed by atoms with Crippen molar-refractivity contribution in [2.24, 2.45) is 4.99 Å². The Bertz CT molecular complexity index is 389. The summed E-state index contributed by atoms with van der Waals surface area (Å²) < 4.78 is 4.56. The quantitative estimate of drug-likeness (QED) is 0.560. The number of thiocarbonyl (C=S) groups is 1. The molecule has 4 heteroatoms. The lowest BCUT2D eigenvalue weighted by Crippen LogP contribution is -2.06. The van der Waals surface area contributed by atoms with Gasteiger partial charge in [-0.15, -0.1) is 4.99 Å². The van der Waals surface area contributed by atoms with Gasteiger partial charge in [0.15, 0.2) is 0 Å². The number of rotatable bonds is 1. The topological polar surface area (TPSA) is 38.7 Å². The van der Waals surface area contributed by atoms with Crippen LogP contribution in [-0.4, -0.2) is 17.4 Å². The molecule has 92 valence electrons. The first-order valence-corrected chi connectivity index (χ1v) is 5.69. The van der Waals surface area contributed by atoms with E-state index in [1.165, 1.54) is 11.1 Å². The molecule has 0 heterocycles. The van der Waals surface area contributed by atoms with Crippen molar-refractivity contribution in [1.82, 2.24) is 0 Å². The third-order valence-corrected chi connectivity index (χ3v) is 1.99. The highest BCUT2D eigenvalue weighted by molar-refractivity contribution is 7.78. The Balaban J connectivity index is 0.000000302. The third kappa shape index (κ3) is 8.31. The number of aryl methyl sites for hydroxylation is 2. The van der Waals surface area contributed by atoms with Gasteiger partial charge in [-0.25, -0.2) is 4.79 Å². The first-order chi connectivity index (χ1) is 7.97. The molecule has 0 bridgehead atoms. The molecule has 1 aromatic rings. The fourth-order valence-electron chi connectivity index (χ4n) is 0.928. The monoisotopic (exact) mass is 251 g/mol. The smallest absolute Gasteiger partial charge is 0.442 e. The van der Waals surface area contributed by atoms with E-state index in [0.717, 1.165) is 0 Å². The number of benzene rings is 1. The summed E-state index contributed by atoms with van der Waals surface area (Å²) in [5.41, 5.74) is 2.74. The molecule has 0 aliphatic heterocycles. The second-order valence-corrected chi connectivity index (χ2v) is 3.90. The predicted molar refractivity (Wildman–Crippen MR) is 72.6 cm³/mol. The Morgan fingerprint density at radius 3 is 2.06 bits per heavy atom. The average Bonchev–Trinajstić information content (AvgIpc) is 2.22. The summed E-state index contributed by atoms with van der Waals surface area (Å²) >= 11 is 4.16. The van der Waals surface area contributed by atoms with Crippen LogP contribution in [0.15, 0.2) is 29.3 Å². The number of nitrogens with zero attached hydrogens (tertiary/aromatic N) is 1. The summed E-state index contributed by atoms with van der Waals surface area (Å²) in [6.07, 6.45) is -0.829. The summed E-state index contributed by atoms with van der Waals surface area (Å²) in [4.78, 5) is 13.4. The van der Waals surface area contributed by atoms with Crippen LogP contribution in [0.4, 0.5) is 4.79 Å². The predicted octanol–water partition coefficient (Wildman–Crippen LogP) is 3.94. The highest BCUT2D eigenvalue weighted by Crippen LogP contribution is 2.02. The molecule has 0 saturated carbocycles. The zero-order valence-electron chi connectivity index (χ0n) is 10.6. The molecule has 3 nitrogen and oxygen atoms in total. The molecule has 0 aliphatic rings. The van der Waals surface area contributed by atoms with E-state index in [0.29, 0.717) is 0 Å². The molecule has 0 saturated heterocycles. The molecule has 0 unspecified atom stereocenters. The van der Waals surface area contributed by atoms with Gasteiger partial charge in [0, 0.05) is 0 Å². The molecule has 1 aromatic carbocycles. The Labute approximate surface area is 108 Å². The van der Waals surface area contributed by atoms with Crippen molar-refractivity contribution in [3.8, 4) is 0 Å². The van der Waals surface area contributed by atoms with Crippen molar-refractivity contribution in [2.75, 3.05) is 0 Å². The molecule has 17 heavy (non-hydrogen) atoms. The molecule has 0 radical (unpaired) electrons. The molecule has 0 spiro atoms. The van der Waals surface area contributed by atoms with Gasteiger partial charge in [-0.2, -0.15) is 0 Å². The lowest BCUT2D eigenvalue weighted by atomic mass is 10.1. The van der Waals surface area contributed by atoms with Crippen LogP contribution in [0.3, 0.4) is 0 Å². The Morgan fingerprint density at radius 1 is 1.29 bits per heavy atom. The normalized spacial score (nSPS) is 8.76. The lowest BCUT2D eigenvalue weighted by molar-refractivity contribution is 0.126. The van der Waals surface area contributed by atoms with Crippen LogP contribution in [0.2, 0.25) is 0 Å². The molecule has 0 N–H and O–H groups in total. The van der Waals surface area contributed by atoms with Gasteiger partial charge >= 0.3 is 6.09 Å². The van der Waals surface area contributed by atoms with Crippen LogP contribution < -0.4 is 0 Å². The Morgan fingerprint density at radius 2 is 1.76 bits per heavy atom. The minimum Gasteiger partial charge on any atom is -0.445 e. The number of amides is 1. The van der Waals surface area contributed by atoms with Crippen LogP contribution in [-0.2, 0) is 4.74 Å². The maximum Gasteiger partial charge on any atom is 0.442 e. The van der Waals surface area contributed by atoms with E-state index in [9.17, 15) is 4.79 Å². The molecule has 1 rings (SSSR count). The van der Waals surface area contributed by atoms with Gasteiger partial charge < -0.3 is 4.74 Å². The van der Waals surface area contributed by atoms with E-state index in [1.54, 1.807) is 13.8 Å². The average molecular weight is 251 g/mol. The minimum atomic E-state index is -0.681. The summed E-state index contributed by atoms with van der Waals surface area (Å²) in [7, 11) is 0. The van der Waals surface area contributed by atoms with Gasteiger partial charge in [0.2, 0.25) is 0 Å². The fraction of sp³-hybridized carbons (Fsp3) is 0.385. The molecule has 0 aliphatic carbocycles. The number of carbonyl (C=O) groups is 1. The Kier molecular flexibility index (Phi) is 7.85. The van der Waals surface area contributed by atoms with Gasteiger partial charge in [0.25, 0.3) is 0 Å². The minimum absolute atomic E-state index is 0.149. The molecule has 0 fully saturated rings. The standard InChI is InChI=1S/C8H10.C5H7NO2S/c1-7-5-3-4-6-8(7)2;1-4(2)8-5(7)6-3-9/h3-6H,1-2H3;4H,1-2H3. The van der Waals surface area contributed by atoms with Crippen molar-refractivity contribution in [2.45, 2.75) is 33.8 Å². The molecular weight excluding hydrogens is 234 g/mol. The van der Waals surface area contributed by atoms with Crippen molar-refractivity contribution < 1.29 is 9.53 Å². The van der Waals surface area contributed by atoms with E-state index in [2.05, 4.69) is 60.1 Å². The number of hydrogen-bond acceptors (Lipinski definition) is 3. The van der Waals surface area contributed by atoms with Crippen molar-refractivity contribution in [3.05, 3.63) is 35.4 Å². The Hall–Kier alpha value is -1.51. The third-order valence-electron chi connectivity index (χ3n) is 1.90. The summed E-state index contributed by atoms with van der Waals surface area (Å²) in [6.45, 7) is 7.71. The molecule has 0 aromatic heterocycles. The molecular formula is C13H17NO2S. The maximum atomic E-state index is 10.3. The highest BCUT2D eigenvalue weighted by Gasteiger charge is 1.99. The van der Waals surface area contributed by atoms with Crippen LogP contribution in [0.25, 0.3) is 0 Å². The van der Waals surface area contributed by atoms with Crippen LogP contribution in [0, 0.1) is 13.8 Å². The van der Waals surface area contributed by atoms with E-state index in [-0.39, 0.29) is 6.10 Å². The number of carbonyl (C=O) groups excluding carboxylic acids is 1. The van der Waals surface area contributed by atoms with Gasteiger partial charge in [-0.1, -0.05) is 24.3 Å². The van der Waals surface area contributed by atoms with Gasteiger partial charge in [0.05, 0.1) is 11.3 Å². The molecule has 0 atom stereocenters. The second-order valence-electron chi connectivity index (χ2n) is 3.72. The molecule has 1 amide bonds. The van der Waals surface area contributed by atoms with Crippen molar-refractivity contribution in [1.29, 1.82) is 0 Å². The largest absolute Gasteiger partial charge is 0.445 e. The lowest BCUT2D eigenvalue weighted by Gasteiger charge is -2.00. The zero-order valence-corrected chi connectivity index (χ0v) is 11.4. The van der Waals surface area contributed by atoms with Crippen molar-refractivity contribution in [3.63, 3.8) is 0 Å². The summed E-state index contributed by atoms with van der Waals surface area (Å²) in [5.74, 6) is 0. The maximum absolute atomic E-state index is 10.3. The van der Waals surface area contributed by atoms with E-state index in [1.807, 2.05) is 5.16 Å². The van der Waals surface area contributed by atoms with Gasteiger partial charge in [-0.3, -0.25) is 0 Å². The highest BCUT2D eigenvalue weighted by atomic mass is 32.1. The first-order valence-electron chi connectivity index (χ1n) is 5.28. The number of isothiocyanates is 1. The van der Waals surface area contributed by atoms with Crippen molar-refractivity contribution >= 4 is 23.5 Å². The van der Waals surface area contributed by atoms with E-state index in [4.69, 9.17) is 0 Å². The fourth-order valence-corrected chi connectivity index (χ4v) is 1.00. The number of ether oxygens (including phenoxy) is 1. The van der Waals surface area contributed by atoms with E-state index >= 15 is 0 Å². The van der Waals surface area contributed by atoms with Crippen LogP contribution in [0.5, 0.6) is 0 Å². The van der Waals surface area contributed by atoms with Gasteiger partial charge in [0.1, 0.15) is 0 Å². The summed E-state index contributed by atoms with van der Waals surface area (Å²) in [5, 5.41) is 1.91. The number of aliphatic imine (C=N–C) groups is 1. The second kappa shape index (κ2) is 8.62.